The summed E-state index contributed by atoms with van der Waals surface area (Å²) in [4.78, 5) is 28.2. The molecule has 1 atom stereocenters. The number of hydrogen-bond donors (Lipinski definition) is 1. The monoisotopic (exact) mass is 487 g/mol. The Kier molecular flexibility index (Phi) is 10.1. The molecule has 0 aromatic heterocycles. The van der Waals surface area contributed by atoms with Crippen molar-refractivity contribution < 1.29 is 18.0 Å². The Labute approximate surface area is 204 Å². The number of hydrogen-bond acceptors (Lipinski definition) is 4. The molecule has 0 aliphatic rings. The maximum Gasteiger partial charge on any atom is 0.244 e. The first kappa shape index (κ1) is 27.4. The molecule has 8 heteroatoms. The van der Waals surface area contributed by atoms with Gasteiger partial charge in [0.1, 0.15) is 12.6 Å². The van der Waals surface area contributed by atoms with Crippen LogP contribution >= 0.6 is 0 Å². The van der Waals surface area contributed by atoms with Crippen LogP contribution in [0.15, 0.2) is 48.5 Å². The first-order valence-corrected chi connectivity index (χ1v) is 13.6. The first-order chi connectivity index (χ1) is 16.1. The quantitative estimate of drug-likeness (QED) is 0.462. The van der Waals surface area contributed by atoms with Crippen molar-refractivity contribution in [3.8, 4) is 0 Å². The number of rotatable bonds is 12. The van der Waals surface area contributed by atoms with Crippen LogP contribution in [0.4, 0.5) is 5.69 Å². The number of nitrogens with zero attached hydrogens (tertiary/aromatic N) is 2. The van der Waals surface area contributed by atoms with Crippen molar-refractivity contribution in [2.45, 2.75) is 59.5 Å². The van der Waals surface area contributed by atoms with Crippen LogP contribution < -0.4 is 9.62 Å². The minimum atomic E-state index is -3.73. The fraction of sp³-hybridized carbons (Fsp3) is 0.462. The summed E-state index contributed by atoms with van der Waals surface area (Å²) in [5.41, 5.74) is 3.22. The Hall–Kier alpha value is -2.87. The van der Waals surface area contributed by atoms with Gasteiger partial charge in [-0.25, -0.2) is 8.42 Å². The van der Waals surface area contributed by atoms with Crippen molar-refractivity contribution in [1.82, 2.24) is 10.2 Å². The van der Waals surface area contributed by atoms with Crippen molar-refractivity contribution in [3.05, 3.63) is 65.2 Å². The van der Waals surface area contributed by atoms with Crippen LogP contribution in [0.2, 0.25) is 0 Å². The molecule has 1 N–H and O–H groups in total. The van der Waals surface area contributed by atoms with E-state index in [1.54, 1.807) is 18.2 Å². The molecule has 0 spiro atoms. The zero-order valence-electron chi connectivity index (χ0n) is 20.9. The van der Waals surface area contributed by atoms with Crippen LogP contribution in [0, 0.1) is 13.8 Å². The van der Waals surface area contributed by atoms with Crippen LogP contribution in [-0.2, 0) is 26.2 Å². The molecule has 7 nitrogen and oxygen atoms in total. The third-order valence-corrected chi connectivity index (χ3v) is 6.93. The van der Waals surface area contributed by atoms with Crippen molar-refractivity contribution in [3.63, 3.8) is 0 Å². The van der Waals surface area contributed by atoms with Gasteiger partial charge >= 0.3 is 0 Å². The van der Waals surface area contributed by atoms with Crippen LogP contribution in [-0.4, -0.2) is 50.5 Å². The van der Waals surface area contributed by atoms with Crippen molar-refractivity contribution >= 4 is 27.5 Å². The van der Waals surface area contributed by atoms with E-state index in [0.29, 0.717) is 18.7 Å². The maximum atomic E-state index is 13.6. The van der Waals surface area contributed by atoms with E-state index in [4.69, 9.17) is 0 Å². The predicted molar refractivity (Wildman–Crippen MR) is 137 cm³/mol. The third kappa shape index (κ3) is 7.58. The van der Waals surface area contributed by atoms with Crippen molar-refractivity contribution in [1.29, 1.82) is 0 Å². The summed E-state index contributed by atoms with van der Waals surface area (Å²) in [6.07, 6.45) is 3.30. The van der Waals surface area contributed by atoms with Gasteiger partial charge in [0, 0.05) is 13.1 Å². The lowest BCUT2D eigenvalue weighted by Gasteiger charge is -2.33. The zero-order chi connectivity index (χ0) is 25.3. The highest BCUT2D eigenvalue weighted by atomic mass is 32.2. The summed E-state index contributed by atoms with van der Waals surface area (Å²) < 4.78 is 26.4. The Morgan fingerprint density at radius 3 is 2.32 bits per heavy atom. The second-order valence-corrected chi connectivity index (χ2v) is 10.5. The van der Waals surface area contributed by atoms with Gasteiger partial charge in [-0.2, -0.15) is 0 Å². The van der Waals surface area contributed by atoms with Gasteiger partial charge in [-0.15, -0.1) is 0 Å². The molecule has 0 aliphatic carbocycles. The summed E-state index contributed by atoms with van der Waals surface area (Å²) >= 11 is 0. The van der Waals surface area contributed by atoms with Gasteiger partial charge in [-0.3, -0.25) is 13.9 Å². The largest absolute Gasteiger partial charge is 0.354 e. The Balaban J connectivity index is 2.41. The fourth-order valence-corrected chi connectivity index (χ4v) is 4.63. The molecule has 0 saturated carbocycles. The van der Waals surface area contributed by atoms with E-state index in [2.05, 4.69) is 5.32 Å². The van der Waals surface area contributed by atoms with E-state index in [1.165, 1.54) is 4.90 Å². The van der Waals surface area contributed by atoms with Gasteiger partial charge in [0.2, 0.25) is 21.8 Å². The smallest absolute Gasteiger partial charge is 0.244 e. The van der Waals surface area contributed by atoms with Gasteiger partial charge in [0.15, 0.2) is 0 Å². The number of nitrogens with one attached hydrogen (secondary N) is 1. The average Bonchev–Trinajstić information content (AvgIpc) is 2.77. The molecule has 2 amide bonds. The van der Waals surface area contributed by atoms with E-state index < -0.39 is 22.0 Å². The van der Waals surface area contributed by atoms with E-state index in [-0.39, 0.29) is 19.0 Å². The summed E-state index contributed by atoms with van der Waals surface area (Å²) in [7, 11) is -3.73. The lowest BCUT2D eigenvalue weighted by Crippen LogP contribution is -2.52. The SMILES string of the molecule is CCCCNC(=O)[C@H](CC)N(Cc1ccccc1C)C(=O)CN(c1cccc(C)c1)S(C)(=O)=O. The van der Waals surface area contributed by atoms with E-state index in [0.717, 1.165) is 40.1 Å². The summed E-state index contributed by atoms with van der Waals surface area (Å²) in [6, 6.07) is 14.0. The van der Waals surface area contributed by atoms with Gasteiger partial charge < -0.3 is 10.2 Å². The zero-order valence-corrected chi connectivity index (χ0v) is 21.7. The number of benzene rings is 2. The summed E-state index contributed by atoms with van der Waals surface area (Å²) in [5, 5.41) is 2.93. The van der Waals surface area contributed by atoms with Crippen LogP contribution in [0.1, 0.15) is 49.8 Å². The first-order valence-electron chi connectivity index (χ1n) is 11.7. The Morgan fingerprint density at radius 1 is 1.03 bits per heavy atom. The Bertz CT molecular complexity index is 1080. The molecule has 2 aromatic carbocycles. The fourth-order valence-electron chi connectivity index (χ4n) is 3.79. The minimum absolute atomic E-state index is 0.219. The molecule has 0 radical (unpaired) electrons. The highest BCUT2D eigenvalue weighted by Gasteiger charge is 2.31. The number of amides is 2. The molecular formula is C26H37N3O4S. The number of carbonyl (C=O) groups is 2. The standard InChI is InChI=1S/C26H37N3O4S/c1-6-8-16-27-26(31)24(7-2)28(18-22-14-10-9-13-21(22)4)25(30)19-29(34(5,32)33)23-15-11-12-20(3)17-23/h9-15,17,24H,6-8,16,18-19H2,1-5H3,(H,27,31)/t24-/m0/s1. The lowest BCUT2D eigenvalue weighted by atomic mass is 10.1. The summed E-state index contributed by atoms with van der Waals surface area (Å²) in [6.45, 7) is 8.10. The molecule has 186 valence electrons. The topological polar surface area (TPSA) is 86.8 Å². The van der Waals surface area contributed by atoms with Gasteiger partial charge in [-0.05, 0) is 55.5 Å². The molecule has 0 unspecified atom stereocenters. The van der Waals surface area contributed by atoms with Crippen LogP contribution in [0.3, 0.4) is 0 Å². The molecule has 34 heavy (non-hydrogen) atoms. The van der Waals surface area contributed by atoms with E-state index in [1.807, 2.05) is 58.0 Å². The van der Waals surface area contributed by atoms with Crippen LogP contribution in [0.5, 0.6) is 0 Å². The minimum Gasteiger partial charge on any atom is -0.354 e. The van der Waals surface area contributed by atoms with E-state index in [9.17, 15) is 18.0 Å². The molecule has 0 fully saturated rings. The number of carbonyl (C=O) groups excluding carboxylic acids is 2. The average molecular weight is 488 g/mol. The number of unbranched alkanes of at least 4 members (excludes halogenated alkanes) is 1. The summed E-state index contributed by atoms with van der Waals surface area (Å²) in [5.74, 6) is -0.646. The van der Waals surface area contributed by atoms with Crippen molar-refractivity contribution in [2.24, 2.45) is 0 Å². The number of anilines is 1. The molecule has 2 rings (SSSR count). The Morgan fingerprint density at radius 2 is 1.74 bits per heavy atom. The van der Waals surface area contributed by atoms with Gasteiger partial charge in [-0.1, -0.05) is 56.7 Å². The predicted octanol–water partition coefficient (Wildman–Crippen LogP) is 3.79. The lowest BCUT2D eigenvalue weighted by molar-refractivity contribution is -0.140. The van der Waals surface area contributed by atoms with E-state index >= 15 is 0 Å². The maximum absolute atomic E-state index is 13.6. The molecule has 2 aromatic rings. The number of sulfonamides is 1. The second-order valence-electron chi connectivity index (χ2n) is 8.63. The second kappa shape index (κ2) is 12.6. The highest BCUT2D eigenvalue weighted by molar-refractivity contribution is 7.92. The van der Waals surface area contributed by atoms with Gasteiger partial charge in [0.05, 0.1) is 11.9 Å². The normalized spacial score (nSPS) is 12.1. The molecule has 0 heterocycles. The molecular weight excluding hydrogens is 450 g/mol. The van der Waals surface area contributed by atoms with Crippen molar-refractivity contribution in [2.75, 3.05) is 23.7 Å². The molecule has 0 aliphatic heterocycles. The molecule has 0 bridgehead atoms. The third-order valence-electron chi connectivity index (χ3n) is 5.79. The molecule has 0 saturated heterocycles. The van der Waals surface area contributed by atoms with Crippen LogP contribution in [0.25, 0.3) is 0 Å². The number of aryl methyl sites for hydroxylation is 2. The highest BCUT2D eigenvalue weighted by Crippen LogP contribution is 2.21. The van der Waals surface area contributed by atoms with Gasteiger partial charge in [0.25, 0.3) is 0 Å².